The van der Waals surface area contributed by atoms with Crippen LogP contribution in [0.3, 0.4) is 0 Å². The van der Waals surface area contributed by atoms with Crippen molar-refractivity contribution in [3.63, 3.8) is 0 Å². The fourth-order valence-corrected chi connectivity index (χ4v) is 3.26. The topological polar surface area (TPSA) is 70.8 Å². The van der Waals surface area contributed by atoms with E-state index in [2.05, 4.69) is 0 Å². The van der Waals surface area contributed by atoms with E-state index in [1.54, 1.807) is 12.1 Å². The molecule has 1 aromatic rings. The maximum absolute atomic E-state index is 12.1. The first-order chi connectivity index (χ1) is 11.0. The highest BCUT2D eigenvalue weighted by molar-refractivity contribution is 7.39. The van der Waals surface area contributed by atoms with E-state index >= 15 is 0 Å². The Bertz CT molecular complexity index is 477. The van der Waals surface area contributed by atoms with Crippen molar-refractivity contribution in [2.75, 3.05) is 25.9 Å². The Balaban J connectivity index is 3.28. The second-order valence-corrected chi connectivity index (χ2v) is 7.07. The summed E-state index contributed by atoms with van der Waals surface area (Å²) in [6.07, 6.45) is 0.989. The highest BCUT2D eigenvalue weighted by Gasteiger charge is 2.44. The van der Waals surface area contributed by atoms with Gasteiger partial charge in [0.05, 0.1) is 5.92 Å². The standard InChI is InChI=1S/C16H27ClNO4P/c1-4-20-16(21-5-2,22-23(19)6-3)15(11-12-18)13-7-9-14(17)10-8-13/h7-10,15,23H,4-6,11-12,18H2,1-3H3. The first-order valence-electron chi connectivity index (χ1n) is 7.98. The maximum Gasteiger partial charge on any atom is 0.295 e. The van der Waals surface area contributed by atoms with Gasteiger partial charge in [0.15, 0.2) is 8.03 Å². The average Bonchev–Trinajstić information content (AvgIpc) is 2.54. The molecule has 0 saturated carbocycles. The maximum atomic E-state index is 12.1. The molecule has 23 heavy (non-hydrogen) atoms. The summed E-state index contributed by atoms with van der Waals surface area (Å²) in [7, 11) is -2.27. The SMILES string of the molecule is CCOC(OCC)(O[PH](=O)CC)C(CCN)c1ccc(Cl)cc1. The lowest BCUT2D eigenvalue weighted by Crippen LogP contribution is -2.44. The molecule has 2 atom stereocenters. The van der Waals surface area contributed by atoms with Crippen LogP contribution < -0.4 is 5.73 Å². The van der Waals surface area contributed by atoms with Crippen molar-refractivity contribution in [1.82, 2.24) is 0 Å². The zero-order valence-corrected chi connectivity index (χ0v) is 15.8. The van der Waals surface area contributed by atoms with Crippen molar-refractivity contribution < 1.29 is 18.6 Å². The summed E-state index contributed by atoms with van der Waals surface area (Å²) in [5.74, 6) is -1.70. The molecule has 7 heteroatoms. The molecule has 0 saturated heterocycles. The van der Waals surface area contributed by atoms with E-state index in [1.807, 2.05) is 32.9 Å². The van der Waals surface area contributed by atoms with Crippen LogP contribution in [0, 0.1) is 0 Å². The van der Waals surface area contributed by atoms with Crippen LogP contribution in [-0.4, -0.2) is 31.9 Å². The minimum Gasteiger partial charge on any atom is -0.330 e. The van der Waals surface area contributed by atoms with Gasteiger partial charge < -0.3 is 15.2 Å². The normalized spacial score (nSPS) is 14.7. The Kier molecular flexibility index (Phi) is 9.37. The number of nitrogens with two attached hydrogens (primary N) is 1. The van der Waals surface area contributed by atoms with E-state index in [0.717, 1.165) is 5.56 Å². The molecule has 0 bridgehead atoms. The predicted octanol–water partition coefficient (Wildman–Crippen LogP) is 4.01. The summed E-state index contributed by atoms with van der Waals surface area (Å²) in [5, 5.41) is 0.640. The van der Waals surface area contributed by atoms with Crippen LogP contribution in [0.5, 0.6) is 0 Å². The number of ether oxygens (including phenoxy) is 2. The van der Waals surface area contributed by atoms with Gasteiger partial charge in [-0.05, 0) is 44.5 Å². The number of hydrogen-bond acceptors (Lipinski definition) is 5. The van der Waals surface area contributed by atoms with Gasteiger partial charge in [-0.3, -0.25) is 9.09 Å². The molecular formula is C16H27ClNO4P. The van der Waals surface area contributed by atoms with Crippen LogP contribution in [0.15, 0.2) is 24.3 Å². The Morgan fingerprint density at radius 1 is 1.17 bits per heavy atom. The zero-order chi connectivity index (χ0) is 17.3. The highest BCUT2D eigenvalue weighted by atomic mass is 35.5. The van der Waals surface area contributed by atoms with Gasteiger partial charge in [0, 0.05) is 24.4 Å². The van der Waals surface area contributed by atoms with Crippen LogP contribution >= 0.6 is 19.6 Å². The fraction of sp³-hybridized carbons (Fsp3) is 0.625. The third kappa shape index (κ3) is 5.86. The molecule has 0 aliphatic carbocycles. The van der Waals surface area contributed by atoms with E-state index in [-0.39, 0.29) is 5.92 Å². The predicted molar refractivity (Wildman–Crippen MR) is 94.5 cm³/mol. The Morgan fingerprint density at radius 2 is 1.74 bits per heavy atom. The minimum atomic E-state index is -2.27. The molecule has 1 rings (SSSR count). The lowest BCUT2D eigenvalue weighted by atomic mass is 9.93. The van der Waals surface area contributed by atoms with Gasteiger partial charge in [-0.25, -0.2) is 0 Å². The third-order valence-electron chi connectivity index (χ3n) is 3.39. The molecule has 0 aromatic heterocycles. The van der Waals surface area contributed by atoms with Crippen LogP contribution in [0.4, 0.5) is 0 Å². The van der Waals surface area contributed by atoms with E-state index in [9.17, 15) is 4.57 Å². The monoisotopic (exact) mass is 363 g/mol. The van der Waals surface area contributed by atoms with Gasteiger partial charge >= 0.3 is 0 Å². The quantitative estimate of drug-likeness (QED) is 0.475. The third-order valence-corrected chi connectivity index (χ3v) is 4.73. The summed E-state index contributed by atoms with van der Waals surface area (Å²) >= 11 is 5.97. The van der Waals surface area contributed by atoms with E-state index in [1.165, 1.54) is 0 Å². The first kappa shape index (κ1) is 20.6. The molecule has 0 aliphatic heterocycles. The molecule has 5 nitrogen and oxygen atoms in total. The second kappa shape index (κ2) is 10.4. The van der Waals surface area contributed by atoms with Crippen molar-refractivity contribution in [1.29, 1.82) is 0 Å². The van der Waals surface area contributed by atoms with Gasteiger partial charge in [-0.2, -0.15) is 0 Å². The zero-order valence-electron chi connectivity index (χ0n) is 14.0. The molecule has 132 valence electrons. The Hall–Kier alpha value is -0.420. The number of hydrogen-bond donors (Lipinski definition) is 1. The lowest BCUT2D eigenvalue weighted by molar-refractivity contribution is -0.352. The Morgan fingerprint density at radius 3 is 2.17 bits per heavy atom. The summed E-state index contributed by atoms with van der Waals surface area (Å²) < 4.78 is 29.6. The molecule has 0 fully saturated rings. The summed E-state index contributed by atoms with van der Waals surface area (Å²) in [5.41, 5.74) is 6.71. The number of halogens is 1. The molecule has 0 radical (unpaired) electrons. The van der Waals surface area contributed by atoms with Crippen LogP contribution in [-0.2, 0) is 18.6 Å². The van der Waals surface area contributed by atoms with Gasteiger partial charge in [0.2, 0.25) is 0 Å². The van der Waals surface area contributed by atoms with Crippen molar-refractivity contribution in [2.45, 2.75) is 39.1 Å². The van der Waals surface area contributed by atoms with Gasteiger partial charge in [0.25, 0.3) is 5.97 Å². The van der Waals surface area contributed by atoms with Crippen molar-refractivity contribution >= 4 is 19.6 Å². The second-order valence-electron chi connectivity index (χ2n) is 4.98. The van der Waals surface area contributed by atoms with E-state index in [4.69, 9.17) is 31.3 Å². The lowest BCUT2D eigenvalue weighted by Gasteiger charge is -2.39. The van der Waals surface area contributed by atoms with Crippen molar-refractivity contribution in [2.24, 2.45) is 5.73 Å². The largest absolute Gasteiger partial charge is 0.330 e. The fourth-order valence-electron chi connectivity index (χ4n) is 2.42. The van der Waals surface area contributed by atoms with E-state index in [0.29, 0.717) is 37.4 Å². The number of rotatable bonds is 11. The summed E-state index contributed by atoms with van der Waals surface area (Å²) in [6, 6.07) is 7.38. The molecule has 2 unspecified atom stereocenters. The van der Waals surface area contributed by atoms with E-state index < -0.39 is 14.0 Å². The Labute approximate surface area is 144 Å². The minimum absolute atomic E-state index is 0.301. The molecule has 2 N–H and O–H groups in total. The molecule has 1 aromatic carbocycles. The molecule has 0 aliphatic rings. The van der Waals surface area contributed by atoms with Crippen LogP contribution in [0.25, 0.3) is 0 Å². The molecule has 0 heterocycles. The summed E-state index contributed by atoms with van der Waals surface area (Å²) in [6.45, 7) is 6.67. The average molecular weight is 364 g/mol. The van der Waals surface area contributed by atoms with Crippen LogP contribution in [0.1, 0.15) is 38.7 Å². The first-order valence-corrected chi connectivity index (χ1v) is 9.88. The van der Waals surface area contributed by atoms with Crippen molar-refractivity contribution in [3.8, 4) is 0 Å². The molecular weight excluding hydrogens is 337 g/mol. The highest BCUT2D eigenvalue weighted by Crippen LogP contribution is 2.43. The summed E-state index contributed by atoms with van der Waals surface area (Å²) in [4.78, 5) is 0. The van der Waals surface area contributed by atoms with Crippen molar-refractivity contribution in [3.05, 3.63) is 34.9 Å². The van der Waals surface area contributed by atoms with Gasteiger partial charge in [0.1, 0.15) is 0 Å². The van der Waals surface area contributed by atoms with Gasteiger partial charge in [-0.1, -0.05) is 30.7 Å². The molecule has 0 spiro atoms. The number of benzene rings is 1. The van der Waals surface area contributed by atoms with Crippen LogP contribution in [0.2, 0.25) is 5.02 Å². The van der Waals surface area contributed by atoms with Gasteiger partial charge in [-0.15, -0.1) is 0 Å². The molecule has 0 amide bonds. The smallest absolute Gasteiger partial charge is 0.295 e.